The van der Waals surface area contributed by atoms with Crippen molar-refractivity contribution in [3.05, 3.63) is 96.1 Å². The molecule has 3 rings (SSSR count). The lowest BCUT2D eigenvalue weighted by molar-refractivity contribution is -0.148. The zero-order chi connectivity index (χ0) is 31.2. The van der Waals surface area contributed by atoms with E-state index >= 15 is 0 Å². The molecule has 0 saturated carbocycles. The van der Waals surface area contributed by atoms with Gasteiger partial charge in [0.2, 0.25) is 13.3 Å². The lowest BCUT2D eigenvalue weighted by atomic mass is 9.97. The number of nitrogens with two attached hydrogens (primary N) is 1. The van der Waals surface area contributed by atoms with E-state index in [1.807, 2.05) is 84.9 Å². The van der Waals surface area contributed by atoms with Crippen molar-refractivity contribution in [1.82, 2.24) is 5.32 Å². The summed E-state index contributed by atoms with van der Waals surface area (Å²) in [4.78, 5) is 37.9. The first-order valence-corrected chi connectivity index (χ1v) is 17.3. The van der Waals surface area contributed by atoms with Gasteiger partial charge in [0, 0.05) is 18.3 Å². The van der Waals surface area contributed by atoms with E-state index in [1.54, 1.807) is 20.8 Å². The van der Waals surface area contributed by atoms with Gasteiger partial charge in [-0.05, 0) is 42.5 Å². The molecule has 0 bridgehead atoms. The van der Waals surface area contributed by atoms with Gasteiger partial charge in [0.15, 0.2) is 5.12 Å². The number of esters is 1. The molecular formula is C33H41N2O6PS. The first kappa shape index (κ1) is 34.3. The summed E-state index contributed by atoms with van der Waals surface area (Å²) in [5, 5.41) is 2.76. The summed E-state index contributed by atoms with van der Waals surface area (Å²) in [5.41, 5.74) is 9.94. The molecule has 4 unspecified atom stereocenters. The van der Waals surface area contributed by atoms with Crippen LogP contribution in [0.4, 0.5) is 0 Å². The van der Waals surface area contributed by atoms with Crippen LogP contribution in [0.15, 0.2) is 84.9 Å². The number of rotatable bonds is 16. The van der Waals surface area contributed by atoms with Crippen LogP contribution < -0.4 is 11.1 Å². The van der Waals surface area contributed by atoms with Gasteiger partial charge in [0.1, 0.15) is 12.6 Å². The van der Waals surface area contributed by atoms with Crippen molar-refractivity contribution in [2.75, 3.05) is 18.5 Å². The molecule has 0 heterocycles. The molecule has 0 aliphatic carbocycles. The Bertz CT molecular complexity index is 1370. The van der Waals surface area contributed by atoms with Crippen molar-refractivity contribution < 1.29 is 28.2 Å². The lowest BCUT2D eigenvalue weighted by Gasteiger charge is -2.27. The molecule has 0 radical (unpaired) electrons. The van der Waals surface area contributed by atoms with Crippen LogP contribution in [-0.2, 0) is 41.2 Å². The molecule has 0 fully saturated rings. The van der Waals surface area contributed by atoms with Gasteiger partial charge in [0.25, 0.3) is 0 Å². The number of ether oxygens (including phenoxy) is 1. The number of hydrogen-bond acceptors (Lipinski definition) is 8. The quantitative estimate of drug-likeness (QED) is 0.112. The SMILES string of the molecule is CCC(=O)SCCOP(=O)(CC(Cc1ccc(-c2ccccc2)cc1)C(=O)NC(C)C(=O)OCc1ccccc1)C(C)N. The number of carbonyl (C=O) groups excluding carboxylic acids is 3. The van der Waals surface area contributed by atoms with Crippen molar-refractivity contribution in [2.24, 2.45) is 11.7 Å². The van der Waals surface area contributed by atoms with Gasteiger partial charge >= 0.3 is 5.97 Å². The third-order valence-electron chi connectivity index (χ3n) is 6.89. The summed E-state index contributed by atoms with van der Waals surface area (Å²) in [7, 11) is -3.51. The molecular weight excluding hydrogens is 583 g/mol. The second-order valence-corrected chi connectivity index (χ2v) is 14.4. The molecule has 1 amide bonds. The smallest absolute Gasteiger partial charge is 0.328 e. The molecule has 0 aliphatic heterocycles. The van der Waals surface area contributed by atoms with Crippen molar-refractivity contribution in [3.8, 4) is 11.1 Å². The minimum absolute atomic E-state index is 0.0172. The number of benzene rings is 3. The van der Waals surface area contributed by atoms with Gasteiger partial charge in [-0.15, -0.1) is 0 Å². The van der Waals surface area contributed by atoms with Crippen molar-refractivity contribution in [1.29, 1.82) is 0 Å². The van der Waals surface area contributed by atoms with Crippen LogP contribution >= 0.6 is 19.1 Å². The van der Waals surface area contributed by atoms with Gasteiger partial charge in [0.05, 0.1) is 18.3 Å². The minimum Gasteiger partial charge on any atom is -0.459 e. The molecule has 8 nitrogen and oxygen atoms in total. The average molecular weight is 625 g/mol. The second-order valence-electron chi connectivity index (χ2n) is 10.3. The van der Waals surface area contributed by atoms with Crippen LogP contribution in [0.1, 0.15) is 38.3 Å². The molecule has 0 spiro atoms. The normalized spacial score (nSPS) is 14.6. The summed E-state index contributed by atoms with van der Waals surface area (Å²) in [5.74, 6) is -2.31. The summed E-state index contributed by atoms with van der Waals surface area (Å²) < 4.78 is 25.1. The van der Waals surface area contributed by atoms with Crippen LogP contribution in [0.5, 0.6) is 0 Å². The number of thioether (sulfide) groups is 1. The van der Waals surface area contributed by atoms with Gasteiger partial charge in [-0.25, -0.2) is 4.79 Å². The Labute approximate surface area is 258 Å². The van der Waals surface area contributed by atoms with Crippen LogP contribution in [0, 0.1) is 5.92 Å². The van der Waals surface area contributed by atoms with E-state index in [-0.39, 0.29) is 30.9 Å². The Balaban J connectivity index is 1.74. The maximum atomic E-state index is 13.9. The second kappa shape index (κ2) is 17.2. The number of nitrogens with one attached hydrogen (secondary N) is 1. The van der Waals surface area contributed by atoms with Gasteiger partial charge in [-0.1, -0.05) is 104 Å². The molecule has 0 aliphatic rings. The van der Waals surface area contributed by atoms with Crippen LogP contribution in [0.3, 0.4) is 0 Å². The maximum Gasteiger partial charge on any atom is 0.328 e. The van der Waals surface area contributed by atoms with Crippen LogP contribution in [0.25, 0.3) is 11.1 Å². The first-order chi connectivity index (χ1) is 20.6. The first-order valence-electron chi connectivity index (χ1n) is 14.4. The highest BCUT2D eigenvalue weighted by molar-refractivity contribution is 8.13. The molecule has 3 aromatic carbocycles. The van der Waals surface area contributed by atoms with E-state index in [0.29, 0.717) is 12.2 Å². The zero-order valence-electron chi connectivity index (χ0n) is 24.9. The number of hydrogen-bond donors (Lipinski definition) is 2. The van der Waals surface area contributed by atoms with E-state index in [9.17, 15) is 18.9 Å². The lowest BCUT2D eigenvalue weighted by Crippen LogP contribution is -2.44. The Hall–Kier alpha value is -3.23. The van der Waals surface area contributed by atoms with E-state index in [0.717, 1.165) is 34.0 Å². The molecule has 43 heavy (non-hydrogen) atoms. The third-order valence-corrected chi connectivity index (χ3v) is 10.7. The molecule has 10 heteroatoms. The summed E-state index contributed by atoms with van der Waals surface area (Å²) in [6.45, 7) is 5.08. The van der Waals surface area contributed by atoms with Crippen molar-refractivity contribution >= 4 is 36.1 Å². The fourth-order valence-corrected chi connectivity index (χ4v) is 7.03. The summed E-state index contributed by atoms with van der Waals surface area (Å²) >= 11 is 1.11. The maximum absolute atomic E-state index is 13.9. The fourth-order valence-electron chi connectivity index (χ4n) is 4.33. The molecule has 3 N–H and O–H groups in total. The number of carbonyl (C=O) groups is 3. The van der Waals surface area contributed by atoms with E-state index in [1.165, 1.54) is 0 Å². The largest absolute Gasteiger partial charge is 0.459 e. The van der Waals surface area contributed by atoms with Crippen LogP contribution in [0.2, 0.25) is 0 Å². The minimum atomic E-state index is -3.51. The molecule has 4 atom stereocenters. The van der Waals surface area contributed by atoms with Crippen molar-refractivity contribution in [2.45, 2.75) is 52.0 Å². The van der Waals surface area contributed by atoms with Gasteiger partial charge < -0.3 is 20.3 Å². The molecule has 3 aromatic rings. The van der Waals surface area contributed by atoms with Crippen LogP contribution in [-0.4, -0.2) is 47.3 Å². The highest BCUT2D eigenvalue weighted by atomic mass is 32.2. The summed E-state index contributed by atoms with van der Waals surface area (Å²) in [6, 6.07) is 26.1. The Morgan fingerprint density at radius 2 is 1.49 bits per heavy atom. The van der Waals surface area contributed by atoms with E-state index < -0.39 is 37.0 Å². The fraction of sp³-hybridized carbons (Fsp3) is 0.364. The molecule has 0 aromatic heterocycles. The predicted octanol–water partition coefficient (Wildman–Crippen LogP) is 6.03. The Morgan fingerprint density at radius 1 is 0.884 bits per heavy atom. The topological polar surface area (TPSA) is 125 Å². The highest BCUT2D eigenvalue weighted by Crippen LogP contribution is 2.51. The zero-order valence-corrected chi connectivity index (χ0v) is 26.7. The number of amides is 1. The Morgan fingerprint density at radius 3 is 2.09 bits per heavy atom. The third kappa shape index (κ3) is 11.1. The molecule has 0 saturated heterocycles. The average Bonchev–Trinajstić information content (AvgIpc) is 3.02. The molecule has 230 valence electrons. The van der Waals surface area contributed by atoms with E-state index in [4.69, 9.17) is 15.0 Å². The monoisotopic (exact) mass is 624 g/mol. The summed E-state index contributed by atoms with van der Waals surface area (Å²) in [6.07, 6.45) is 0.540. The standard InChI is InChI=1S/C33H41N2O6PS/c1-4-31(36)43-20-19-41-42(39,25(3)34)23-30(21-26-15-17-29(18-16-26)28-13-9-6-10-14-28)32(37)35-24(2)33(38)40-22-27-11-7-5-8-12-27/h5-18,24-25,30H,4,19-23,34H2,1-3H3,(H,35,37). The van der Waals surface area contributed by atoms with E-state index in [2.05, 4.69) is 5.32 Å². The van der Waals surface area contributed by atoms with Crippen molar-refractivity contribution in [3.63, 3.8) is 0 Å². The van der Waals surface area contributed by atoms with Gasteiger partial charge in [-0.3, -0.25) is 14.2 Å². The Kier molecular flexibility index (Phi) is 13.7. The highest BCUT2D eigenvalue weighted by Gasteiger charge is 2.36. The van der Waals surface area contributed by atoms with Gasteiger partial charge in [-0.2, -0.15) is 0 Å². The predicted molar refractivity (Wildman–Crippen MR) is 173 cm³/mol.